The number of hydrogen-bond acceptors (Lipinski definition) is 2. The molecule has 0 spiro atoms. The first-order valence-corrected chi connectivity index (χ1v) is 5.92. The van der Waals surface area contributed by atoms with Gasteiger partial charge < -0.3 is 9.88 Å². The number of rotatable bonds is 2. The van der Waals surface area contributed by atoms with Gasteiger partial charge in [0, 0.05) is 31.4 Å². The highest BCUT2D eigenvalue weighted by Crippen LogP contribution is 2.21. The molecule has 1 aliphatic heterocycles. The fourth-order valence-electron chi connectivity index (χ4n) is 2.22. The van der Waals surface area contributed by atoms with Gasteiger partial charge in [-0.15, -0.1) is 0 Å². The number of aromatic nitrogens is 1. The molecule has 0 aromatic carbocycles. The lowest BCUT2D eigenvalue weighted by Crippen LogP contribution is -2.34. The zero-order valence-electron chi connectivity index (χ0n) is 9.57. The van der Waals surface area contributed by atoms with Crippen LogP contribution < -0.4 is 5.32 Å². The second-order valence-electron chi connectivity index (χ2n) is 4.85. The van der Waals surface area contributed by atoms with Gasteiger partial charge in [0.2, 0.25) is 0 Å². The molecule has 0 saturated heterocycles. The summed E-state index contributed by atoms with van der Waals surface area (Å²) >= 11 is 0. The van der Waals surface area contributed by atoms with Crippen LogP contribution in [0.2, 0.25) is 0 Å². The van der Waals surface area contributed by atoms with Gasteiger partial charge in [0.1, 0.15) is 5.69 Å². The lowest BCUT2D eigenvalue weighted by atomic mass is 10.3. The van der Waals surface area contributed by atoms with E-state index < -0.39 is 0 Å². The Kier molecular flexibility index (Phi) is 2.24. The molecule has 1 aromatic rings. The van der Waals surface area contributed by atoms with Gasteiger partial charge in [0.25, 0.3) is 5.91 Å². The number of fused-ring (bicyclic) bond motifs is 1. The zero-order chi connectivity index (χ0) is 11.1. The summed E-state index contributed by atoms with van der Waals surface area (Å²) in [5, 5.41) is 3.04. The van der Waals surface area contributed by atoms with Crippen LogP contribution in [0.15, 0.2) is 12.1 Å². The second-order valence-corrected chi connectivity index (χ2v) is 4.85. The molecule has 2 heterocycles. The maximum atomic E-state index is 12.0. The maximum Gasteiger partial charge on any atom is 0.268 e. The van der Waals surface area contributed by atoms with E-state index in [1.807, 2.05) is 6.07 Å². The van der Waals surface area contributed by atoms with Crippen molar-refractivity contribution in [3.63, 3.8) is 0 Å². The summed E-state index contributed by atoms with van der Waals surface area (Å²) in [6.07, 6.45) is 2.28. The Balaban J connectivity index is 1.82. The monoisotopic (exact) mass is 219 g/mol. The number of likely N-dealkylation sites (N-methyl/N-ethyl adjacent to an activating group) is 1. The van der Waals surface area contributed by atoms with Crippen molar-refractivity contribution >= 4 is 5.91 Å². The highest BCUT2D eigenvalue weighted by atomic mass is 16.2. The van der Waals surface area contributed by atoms with Crippen molar-refractivity contribution < 1.29 is 4.79 Å². The van der Waals surface area contributed by atoms with E-state index in [9.17, 15) is 4.79 Å². The summed E-state index contributed by atoms with van der Waals surface area (Å²) in [7, 11) is 2.11. The number of hydrogen-bond donors (Lipinski definition) is 1. The van der Waals surface area contributed by atoms with Crippen LogP contribution in [0, 0.1) is 0 Å². The van der Waals surface area contributed by atoms with Crippen LogP contribution in [0.1, 0.15) is 29.0 Å². The molecule has 1 amide bonds. The minimum Gasteiger partial charge on any atom is -0.348 e. The lowest BCUT2D eigenvalue weighted by molar-refractivity contribution is 0.0938. The first kappa shape index (κ1) is 9.90. The van der Waals surface area contributed by atoms with Gasteiger partial charge >= 0.3 is 0 Å². The van der Waals surface area contributed by atoms with Gasteiger partial charge in [-0.2, -0.15) is 0 Å². The third-order valence-corrected chi connectivity index (χ3v) is 3.35. The Morgan fingerprint density at radius 1 is 1.38 bits per heavy atom. The highest BCUT2D eigenvalue weighted by molar-refractivity contribution is 5.93. The van der Waals surface area contributed by atoms with Crippen molar-refractivity contribution in [1.29, 1.82) is 0 Å². The molecule has 0 unspecified atom stereocenters. The van der Waals surface area contributed by atoms with Crippen LogP contribution in [0.25, 0.3) is 0 Å². The van der Waals surface area contributed by atoms with Crippen molar-refractivity contribution in [2.24, 2.45) is 0 Å². The van der Waals surface area contributed by atoms with Crippen molar-refractivity contribution in [2.45, 2.75) is 32.0 Å². The van der Waals surface area contributed by atoms with Gasteiger partial charge in [-0.05, 0) is 32.0 Å². The number of nitrogens with one attached hydrogen (secondary N) is 1. The van der Waals surface area contributed by atoms with E-state index in [0.717, 1.165) is 38.2 Å². The third-order valence-electron chi connectivity index (χ3n) is 3.35. The Hall–Kier alpha value is -1.29. The maximum absolute atomic E-state index is 12.0. The summed E-state index contributed by atoms with van der Waals surface area (Å²) in [6, 6.07) is 4.45. The van der Waals surface area contributed by atoms with Crippen LogP contribution in [0.4, 0.5) is 0 Å². The molecule has 4 heteroatoms. The molecular formula is C12H17N3O. The quantitative estimate of drug-likeness (QED) is 0.800. The molecule has 0 atom stereocenters. The molecule has 0 bridgehead atoms. The molecule has 1 fully saturated rings. The predicted molar refractivity (Wildman–Crippen MR) is 61.3 cm³/mol. The van der Waals surface area contributed by atoms with Crippen LogP contribution in [0.5, 0.6) is 0 Å². The molecular weight excluding hydrogens is 202 g/mol. The highest BCUT2D eigenvalue weighted by Gasteiger charge is 2.26. The Morgan fingerprint density at radius 3 is 2.94 bits per heavy atom. The first-order valence-electron chi connectivity index (χ1n) is 5.92. The molecule has 1 saturated carbocycles. The summed E-state index contributed by atoms with van der Waals surface area (Å²) in [5.74, 6) is 0.0957. The average Bonchev–Trinajstić information content (AvgIpc) is 2.96. The minimum absolute atomic E-state index is 0.0957. The van der Waals surface area contributed by atoms with Crippen molar-refractivity contribution in [1.82, 2.24) is 14.8 Å². The molecule has 1 aliphatic carbocycles. The van der Waals surface area contributed by atoms with E-state index in [-0.39, 0.29) is 5.91 Å². The Labute approximate surface area is 95.2 Å². The smallest absolute Gasteiger partial charge is 0.268 e. The van der Waals surface area contributed by atoms with E-state index in [2.05, 4.69) is 27.9 Å². The van der Waals surface area contributed by atoms with E-state index in [1.165, 1.54) is 5.69 Å². The van der Waals surface area contributed by atoms with Crippen molar-refractivity contribution in [3.8, 4) is 0 Å². The van der Waals surface area contributed by atoms with Crippen molar-refractivity contribution in [3.05, 3.63) is 23.5 Å². The molecule has 3 rings (SSSR count). The second kappa shape index (κ2) is 3.63. The lowest BCUT2D eigenvalue weighted by Gasteiger charge is -2.25. The SMILES string of the molecule is CN1CCn2c(ccc2C(=O)NC2CC2)C1. The van der Waals surface area contributed by atoms with Crippen molar-refractivity contribution in [2.75, 3.05) is 13.6 Å². The zero-order valence-corrected chi connectivity index (χ0v) is 9.57. The van der Waals surface area contributed by atoms with Gasteiger partial charge in [-0.3, -0.25) is 9.69 Å². The fourth-order valence-corrected chi connectivity index (χ4v) is 2.22. The topological polar surface area (TPSA) is 37.3 Å². The number of carbonyl (C=O) groups is 1. The van der Waals surface area contributed by atoms with Gasteiger partial charge in [-0.1, -0.05) is 0 Å². The number of nitrogens with zero attached hydrogens (tertiary/aromatic N) is 2. The molecule has 1 N–H and O–H groups in total. The predicted octanol–water partition coefficient (Wildman–Crippen LogP) is 0.826. The van der Waals surface area contributed by atoms with Gasteiger partial charge in [0.05, 0.1) is 0 Å². The molecule has 0 radical (unpaired) electrons. The van der Waals surface area contributed by atoms with Gasteiger partial charge in [0.15, 0.2) is 0 Å². The van der Waals surface area contributed by atoms with E-state index >= 15 is 0 Å². The summed E-state index contributed by atoms with van der Waals surface area (Å²) < 4.78 is 2.15. The first-order chi connectivity index (χ1) is 7.74. The van der Waals surface area contributed by atoms with E-state index in [1.54, 1.807) is 0 Å². The molecule has 86 valence electrons. The largest absolute Gasteiger partial charge is 0.348 e. The number of amides is 1. The summed E-state index contributed by atoms with van der Waals surface area (Å²) in [5.41, 5.74) is 2.07. The Bertz CT molecular complexity index is 420. The van der Waals surface area contributed by atoms with Gasteiger partial charge in [-0.25, -0.2) is 0 Å². The van der Waals surface area contributed by atoms with Crippen LogP contribution >= 0.6 is 0 Å². The van der Waals surface area contributed by atoms with Crippen LogP contribution in [-0.2, 0) is 13.1 Å². The third kappa shape index (κ3) is 1.73. The normalized spacial score (nSPS) is 20.6. The molecule has 4 nitrogen and oxygen atoms in total. The summed E-state index contributed by atoms with van der Waals surface area (Å²) in [4.78, 5) is 14.2. The Morgan fingerprint density at radius 2 is 2.19 bits per heavy atom. The van der Waals surface area contributed by atoms with E-state index in [4.69, 9.17) is 0 Å². The minimum atomic E-state index is 0.0957. The van der Waals surface area contributed by atoms with Crippen LogP contribution in [0.3, 0.4) is 0 Å². The molecule has 16 heavy (non-hydrogen) atoms. The number of carbonyl (C=O) groups excluding carboxylic acids is 1. The van der Waals surface area contributed by atoms with E-state index in [0.29, 0.717) is 6.04 Å². The molecule has 2 aliphatic rings. The standard InChI is InChI=1S/C12H17N3O/c1-14-6-7-15-10(8-14)4-5-11(15)12(16)13-9-2-3-9/h4-5,9H,2-3,6-8H2,1H3,(H,13,16). The van der Waals surface area contributed by atoms with Crippen LogP contribution in [-0.4, -0.2) is 35.0 Å². The average molecular weight is 219 g/mol. The summed E-state index contributed by atoms with van der Waals surface area (Å²) in [6.45, 7) is 2.88. The fraction of sp³-hybridized carbons (Fsp3) is 0.583. The molecule has 1 aromatic heterocycles.